The number of imidazole rings is 2. The molecular formula is C26H24F5N7O2. The molecule has 1 saturated heterocycles. The Morgan fingerprint density at radius 2 is 1.75 bits per heavy atom. The van der Waals surface area contributed by atoms with E-state index in [-0.39, 0.29) is 39.6 Å². The van der Waals surface area contributed by atoms with Crippen molar-refractivity contribution in [1.29, 1.82) is 0 Å². The molecular weight excluding hydrogens is 537 g/mol. The molecule has 0 aliphatic carbocycles. The first-order valence-electron chi connectivity index (χ1n) is 12.3. The topological polar surface area (TPSA) is 102 Å². The number of piperazine rings is 1. The first-order valence-corrected chi connectivity index (χ1v) is 12.3. The van der Waals surface area contributed by atoms with Crippen LogP contribution in [-0.2, 0) is 6.30 Å². The number of anilines is 2. The maximum absolute atomic E-state index is 14.9. The fourth-order valence-electron chi connectivity index (χ4n) is 4.51. The van der Waals surface area contributed by atoms with Crippen molar-refractivity contribution in [1.82, 2.24) is 24.4 Å². The average molecular weight is 562 g/mol. The number of aromatic nitrogens is 4. The summed E-state index contributed by atoms with van der Waals surface area (Å²) in [7, 11) is 0. The molecule has 1 aliphatic rings. The minimum absolute atomic E-state index is 0.0613. The van der Waals surface area contributed by atoms with Gasteiger partial charge in [-0.25, -0.2) is 23.3 Å². The van der Waals surface area contributed by atoms with Crippen LogP contribution in [0.2, 0.25) is 0 Å². The molecule has 2 aromatic carbocycles. The van der Waals surface area contributed by atoms with Crippen LogP contribution in [0.5, 0.6) is 0 Å². The molecule has 2 aromatic heterocycles. The lowest BCUT2D eigenvalue weighted by Gasteiger charge is -2.35. The summed E-state index contributed by atoms with van der Waals surface area (Å²) in [6.07, 6.45) is -3.25. The number of rotatable bonds is 7. The fraction of sp³-hybridized carbons (Fsp3) is 0.269. The third-order valence-corrected chi connectivity index (χ3v) is 6.56. The summed E-state index contributed by atoms with van der Waals surface area (Å²) in [5, 5.41) is 11.5. The quantitative estimate of drug-likeness (QED) is 0.294. The van der Waals surface area contributed by atoms with Crippen LogP contribution in [0.1, 0.15) is 10.5 Å². The highest BCUT2D eigenvalue weighted by Gasteiger charge is 2.36. The van der Waals surface area contributed by atoms with Gasteiger partial charge in [-0.1, -0.05) is 0 Å². The summed E-state index contributed by atoms with van der Waals surface area (Å²) >= 11 is 0. The molecule has 0 bridgehead atoms. The second-order valence-corrected chi connectivity index (χ2v) is 9.10. The van der Waals surface area contributed by atoms with E-state index in [9.17, 15) is 26.7 Å². The Morgan fingerprint density at radius 3 is 2.40 bits per heavy atom. The summed E-state index contributed by atoms with van der Waals surface area (Å²) < 4.78 is 69.4. The van der Waals surface area contributed by atoms with Gasteiger partial charge in [0, 0.05) is 44.0 Å². The first kappa shape index (κ1) is 27.3. The Kier molecular flexibility index (Phi) is 7.54. The molecule has 5 rings (SSSR count). The highest BCUT2D eigenvalue weighted by atomic mass is 19.4. The van der Waals surface area contributed by atoms with Crippen LogP contribution >= 0.6 is 0 Å². The van der Waals surface area contributed by atoms with Crippen LogP contribution < -0.4 is 10.2 Å². The SMILES string of the molecule is O=C(Nc1ccc(N2CCN(CCO)CC2)cc1F)c1cnc(-c2c(-c3ccc(F)cc3)ncn2C(F)(F)F)[nH]1. The molecule has 0 saturated carbocycles. The number of aliphatic hydroxyl groups excluding tert-OH is 1. The van der Waals surface area contributed by atoms with Gasteiger partial charge in [0.2, 0.25) is 0 Å². The number of nitrogens with zero attached hydrogens (tertiary/aromatic N) is 5. The van der Waals surface area contributed by atoms with Crippen molar-refractivity contribution in [3.8, 4) is 22.8 Å². The van der Waals surface area contributed by atoms with E-state index in [4.69, 9.17) is 5.11 Å². The highest BCUT2D eigenvalue weighted by Crippen LogP contribution is 2.36. The minimum atomic E-state index is -4.85. The fourth-order valence-corrected chi connectivity index (χ4v) is 4.51. The first-order chi connectivity index (χ1) is 19.1. The van der Waals surface area contributed by atoms with Gasteiger partial charge in [0.1, 0.15) is 29.3 Å². The number of β-amino-alcohol motifs (C(OH)–C–C–N with tert-alkyl or cyclic N) is 1. The predicted octanol–water partition coefficient (Wildman–Crippen LogP) is 4.06. The van der Waals surface area contributed by atoms with E-state index < -0.39 is 29.5 Å². The second kappa shape index (κ2) is 11.1. The standard InChI is InChI=1S/C26H24F5N7O2/c27-17-3-1-16(2-4-17)22-23(38(15-33-22)26(29,30)31)24-32-14-21(34-24)25(40)35-20-6-5-18(13-19(20)28)37-9-7-36(8-10-37)11-12-39/h1-6,13-15,39H,7-12H2,(H,32,34)(H,35,40). The summed E-state index contributed by atoms with van der Waals surface area (Å²) in [6, 6.07) is 9.10. The van der Waals surface area contributed by atoms with Gasteiger partial charge in [0.05, 0.1) is 24.2 Å². The molecule has 3 N–H and O–H groups in total. The molecule has 210 valence electrons. The number of H-pyrrole nitrogens is 1. The predicted molar refractivity (Wildman–Crippen MR) is 137 cm³/mol. The molecule has 0 radical (unpaired) electrons. The smallest absolute Gasteiger partial charge is 0.395 e. The van der Waals surface area contributed by atoms with Gasteiger partial charge in [-0.2, -0.15) is 0 Å². The third kappa shape index (κ3) is 5.67. The van der Waals surface area contributed by atoms with Crippen molar-refractivity contribution in [2.45, 2.75) is 6.30 Å². The van der Waals surface area contributed by atoms with E-state index in [1.807, 2.05) is 4.90 Å². The molecule has 9 nitrogen and oxygen atoms in total. The molecule has 0 atom stereocenters. The van der Waals surface area contributed by atoms with Crippen LogP contribution in [0.15, 0.2) is 55.0 Å². The van der Waals surface area contributed by atoms with Gasteiger partial charge in [0.25, 0.3) is 5.91 Å². The lowest BCUT2D eigenvalue weighted by atomic mass is 10.1. The van der Waals surface area contributed by atoms with Crippen LogP contribution in [0.25, 0.3) is 22.8 Å². The van der Waals surface area contributed by atoms with Gasteiger partial charge < -0.3 is 20.3 Å². The van der Waals surface area contributed by atoms with E-state index in [0.717, 1.165) is 31.4 Å². The highest BCUT2D eigenvalue weighted by molar-refractivity contribution is 6.03. The van der Waals surface area contributed by atoms with E-state index in [1.54, 1.807) is 6.07 Å². The Labute approximate surface area is 224 Å². The zero-order valence-electron chi connectivity index (χ0n) is 20.9. The number of aromatic amines is 1. The largest absolute Gasteiger partial charge is 0.490 e. The van der Waals surface area contributed by atoms with Gasteiger partial charge in [-0.15, -0.1) is 13.2 Å². The van der Waals surface area contributed by atoms with Crippen LogP contribution in [0.3, 0.4) is 0 Å². The number of amides is 1. The Balaban J connectivity index is 1.35. The summed E-state index contributed by atoms with van der Waals surface area (Å²) in [4.78, 5) is 27.3. The van der Waals surface area contributed by atoms with Crippen molar-refractivity contribution in [2.24, 2.45) is 0 Å². The van der Waals surface area contributed by atoms with Gasteiger partial charge >= 0.3 is 6.30 Å². The van der Waals surface area contributed by atoms with E-state index in [1.165, 1.54) is 24.3 Å². The van der Waals surface area contributed by atoms with Crippen LogP contribution in [-0.4, -0.2) is 74.8 Å². The molecule has 1 fully saturated rings. The molecule has 0 unspecified atom stereocenters. The number of alkyl halides is 3. The molecule has 40 heavy (non-hydrogen) atoms. The van der Waals surface area contributed by atoms with Crippen LogP contribution in [0.4, 0.5) is 33.3 Å². The maximum Gasteiger partial charge on any atom is 0.490 e. The molecule has 1 aliphatic heterocycles. The monoisotopic (exact) mass is 561 g/mol. The second-order valence-electron chi connectivity index (χ2n) is 9.10. The van der Waals surface area contributed by atoms with Crippen molar-refractivity contribution in [3.05, 3.63) is 72.3 Å². The van der Waals surface area contributed by atoms with Crippen LogP contribution in [0, 0.1) is 11.6 Å². The molecule has 14 heteroatoms. The lowest BCUT2D eigenvalue weighted by molar-refractivity contribution is -0.202. The third-order valence-electron chi connectivity index (χ3n) is 6.56. The summed E-state index contributed by atoms with van der Waals surface area (Å²) in [5.74, 6) is -2.38. The molecule has 1 amide bonds. The number of hydrogen-bond acceptors (Lipinski definition) is 6. The van der Waals surface area contributed by atoms with Gasteiger partial charge in [0.15, 0.2) is 5.82 Å². The number of nitrogens with one attached hydrogen (secondary N) is 2. The van der Waals surface area contributed by atoms with E-state index in [2.05, 4.69) is 25.2 Å². The lowest BCUT2D eigenvalue weighted by Crippen LogP contribution is -2.47. The van der Waals surface area contributed by atoms with Gasteiger partial charge in [-0.3, -0.25) is 9.69 Å². The number of aliphatic hydroxyl groups is 1. The molecule has 4 aromatic rings. The average Bonchev–Trinajstić information content (AvgIpc) is 3.59. The van der Waals surface area contributed by atoms with Crippen molar-refractivity contribution < 1.29 is 31.9 Å². The normalized spacial score (nSPS) is 14.5. The van der Waals surface area contributed by atoms with E-state index in [0.29, 0.717) is 31.6 Å². The van der Waals surface area contributed by atoms with Crippen molar-refractivity contribution >= 4 is 17.3 Å². The summed E-state index contributed by atoms with van der Waals surface area (Å²) in [6.45, 7) is 3.39. The number of carbonyl (C=O) groups is 1. The van der Waals surface area contributed by atoms with Crippen molar-refractivity contribution in [2.75, 3.05) is 49.5 Å². The maximum atomic E-state index is 14.9. The Bertz CT molecular complexity index is 1490. The molecule has 0 spiro atoms. The Hall–Kier alpha value is -4.30. The molecule has 3 heterocycles. The number of hydrogen-bond donors (Lipinski definition) is 3. The number of benzene rings is 2. The number of halogens is 5. The Morgan fingerprint density at radius 1 is 1.02 bits per heavy atom. The van der Waals surface area contributed by atoms with Gasteiger partial charge in [-0.05, 0) is 42.5 Å². The van der Waals surface area contributed by atoms with E-state index >= 15 is 0 Å². The zero-order chi connectivity index (χ0) is 28.4. The summed E-state index contributed by atoms with van der Waals surface area (Å²) in [5.41, 5.74) is -0.0877. The number of carbonyl (C=O) groups excluding carboxylic acids is 1. The van der Waals surface area contributed by atoms with Crippen molar-refractivity contribution in [3.63, 3.8) is 0 Å². The zero-order valence-corrected chi connectivity index (χ0v) is 20.9. The minimum Gasteiger partial charge on any atom is -0.395 e.